The smallest absolute Gasteiger partial charge is 0.120 e. The van der Waals surface area contributed by atoms with E-state index < -0.39 is 0 Å². The summed E-state index contributed by atoms with van der Waals surface area (Å²) in [5.74, 6) is 1.26. The first kappa shape index (κ1) is 8.78. The van der Waals surface area contributed by atoms with Crippen LogP contribution in [0.25, 0.3) is 0 Å². The van der Waals surface area contributed by atoms with Crippen molar-refractivity contribution in [2.75, 3.05) is 6.61 Å². The fraction of sp³-hybridized carbons (Fsp3) is 0.600. The third-order valence-corrected chi connectivity index (χ3v) is 2.77. The second-order valence-corrected chi connectivity index (χ2v) is 3.57. The van der Waals surface area contributed by atoms with E-state index in [0.717, 1.165) is 18.8 Å². The molecule has 1 aliphatic rings. The van der Waals surface area contributed by atoms with Gasteiger partial charge in [0.25, 0.3) is 0 Å². The highest BCUT2D eigenvalue weighted by Gasteiger charge is 2.31. The molecule has 1 aromatic heterocycles. The van der Waals surface area contributed by atoms with Gasteiger partial charge in [-0.15, -0.1) is 0 Å². The van der Waals surface area contributed by atoms with Gasteiger partial charge in [-0.25, -0.2) is 0 Å². The molecule has 1 saturated heterocycles. The van der Waals surface area contributed by atoms with E-state index in [1.165, 1.54) is 0 Å². The molecule has 72 valence electrons. The van der Waals surface area contributed by atoms with Crippen molar-refractivity contribution in [2.24, 2.45) is 11.7 Å². The standard InChI is InChI=1S/C10H15NO2/c1-7-8(4-6-12-7)10(11)9-3-2-5-13-9/h2-3,5,7-8,10H,4,6,11H2,1H3. The minimum absolute atomic E-state index is 0.0208. The van der Waals surface area contributed by atoms with Crippen molar-refractivity contribution in [1.29, 1.82) is 0 Å². The van der Waals surface area contributed by atoms with Gasteiger partial charge < -0.3 is 14.9 Å². The second-order valence-electron chi connectivity index (χ2n) is 3.57. The van der Waals surface area contributed by atoms with E-state index in [4.69, 9.17) is 14.9 Å². The zero-order chi connectivity index (χ0) is 9.26. The number of hydrogen-bond acceptors (Lipinski definition) is 3. The first-order valence-corrected chi connectivity index (χ1v) is 4.69. The molecule has 3 nitrogen and oxygen atoms in total. The number of ether oxygens (including phenoxy) is 1. The predicted molar refractivity (Wildman–Crippen MR) is 49.2 cm³/mol. The minimum atomic E-state index is -0.0208. The van der Waals surface area contributed by atoms with Gasteiger partial charge in [0.05, 0.1) is 18.4 Å². The van der Waals surface area contributed by atoms with Crippen molar-refractivity contribution in [3.05, 3.63) is 24.2 Å². The van der Waals surface area contributed by atoms with Gasteiger partial charge in [0.1, 0.15) is 5.76 Å². The minimum Gasteiger partial charge on any atom is -0.468 e. The van der Waals surface area contributed by atoms with Crippen molar-refractivity contribution in [1.82, 2.24) is 0 Å². The van der Waals surface area contributed by atoms with E-state index in [2.05, 4.69) is 6.92 Å². The number of furan rings is 1. The Balaban J connectivity index is 2.08. The average Bonchev–Trinajstić information content (AvgIpc) is 2.72. The van der Waals surface area contributed by atoms with E-state index >= 15 is 0 Å². The van der Waals surface area contributed by atoms with Crippen LogP contribution in [0.1, 0.15) is 25.1 Å². The van der Waals surface area contributed by atoms with E-state index in [9.17, 15) is 0 Å². The largest absolute Gasteiger partial charge is 0.468 e. The molecular weight excluding hydrogens is 166 g/mol. The maximum atomic E-state index is 6.06. The first-order valence-electron chi connectivity index (χ1n) is 4.69. The fourth-order valence-electron chi connectivity index (χ4n) is 1.91. The summed E-state index contributed by atoms with van der Waals surface area (Å²) in [6.07, 6.45) is 2.94. The number of rotatable bonds is 2. The maximum Gasteiger partial charge on any atom is 0.120 e. The molecule has 0 aliphatic carbocycles. The van der Waals surface area contributed by atoms with Crippen molar-refractivity contribution in [3.63, 3.8) is 0 Å². The Kier molecular flexibility index (Phi) is 2.38. The van der Waals surface area contributed by atoms with Gasteiger partial charge in [0.15, 0.2) is 0 Å². The predicted octanol–water partition coefficient (Wildman–Crippen LogP) is 1.70. The Morgan fingerprint density at radius 2 is 2.46 bits per heavy atom. The monoisotopic (exact) mass is 181 g/mol. The van der Waals surface area contributed by atoms with E-state index in [1.54, 1.807) is 6.26 Å². The molecule has 1 fully saturated rings. The molecule has 3 atom stereocenters. The fourth-order valence-corrected chi connectivity index (χ4v) is 1.91. The molecule has 0 amide bonds. The van der Waals surface area contributed by atoms with Gasteiger partial charge in [0.2, 0.25) is 0 Å². The molecule has 0 spiro atoms. The van der Waals surface area contributed by atoms with Crippen molar-refractivity contribution in [3.8, 4) is 0 Å². The van der Waals surface area contributed by atoms with Gasteiger partial charge in [-0.3, -0.25) is 0 Å². The Morgan fingerprint density at radius 3 is 3.00 bits per heavy atom. The summed E-state index contributed by atoms with van der Waals surface area (Å²) < 4.78 is 10.7. The van der Waals surface area contributed by atoms with Crippen molar-refractivity contribution >= 4 is 0 Å². The van der Waals surface area contributed by atoms with Crippen LogP contribution in [-0.2, 0) is 4.74 Å². The SMILES string of the molecule is CC1OCCC1C(N)c1ccco1. The number of nitrogens with two attached hydrogens (primary N) is 1. The molecule has 0 bridgehead atoms. The van der Waals surface area contributed by atoms with Crippen LogP contribution in [0.3, 0.4) is 0 Å². The summed E-state index contributed by atoms with van der Waals surface area (Å²) in [5, 5.41) is 0. The second kappa shape index (κ2) is 3.52. The molecule has 0 radical (unpaired) electrons. The van der Waals surface area contributed by atoms with Crippen LogP contribution in [0, 0.1) is 5.92 Å². The lowest BCUT2D eigenvalue weighted by molar-refractivity contribution is 0.0973. The van der Waals surface area contributed by atoms with Crippen LogP contribution in [0.4, 0.5) is 0 Å². The molecule has 0 saturated carbocycles. The quantitative estimate of drug-likeness (QED) is 0.755. The summed E-state index contributed by atoms with van der Waals surface area (Å²) in [6, 6.07) is 3.78. The summed E-state index contributed by atoms with van der Waals surface area (Å²) in [7, 11) is 0. The average molecular weight is 181 g/mol. The third-order valence-electron chi connectivity index (χ3n) is 2.77. The number of hydrogen-bond donors (Lipinski definition) is 1. The summed E-state index contributed by atoms with van der Waals surface area (Å²) >= 11 is 0. The molecule has 2 heterocycles. The molecule has 2 rings (SSSR count). The van der Waals surface area contributed by atoms with Gasteiger partial charge in [-0.1, -0.05) is 0 Å². The normalized spacial score (nSPS) is 30.6. The van der Waals surface area contributed by atoms with E-state index in [0.29, 0.717) is 5.92 Å². The van der Waals surface area contributed by atoms with Gasteiger partial charge >= 0.3 is 0 Å². The van der Waals surface area contributed by atoms with Crippen LogP contribution in [0.15, 0.2) is 22.8 Å². The highest BCUT2D eigenvalue weighted by atomic mass is 16.5. The lowest BCUT2D eigenvalue weighted by atomic mass is 9.92. The topological polar surface area (TPSA) is 48.4 Å². The van der Waals surface area contributed by atoms with Crippen molar-refractivity contribution in [2.45, 2.75) is 25.5 Å². The Hall–Kier alpha value is -0.800. The zero-order valence-electron chi connectivity index (χ0n) is 7.77. The van der Waals surface area contributed by atoms with Gasteiger partial charge in [-0.05, 0) is 25.5 Å². The zero-order valence-corrected chi connectivity index (χ0v) is 7.77. The van der Waals surface area contributed by atoms with Crippen LogP contribution in [-0.4, -0.2) is 12.7 Å². The molecule has 2 N–H and O–H groups in total. The van der Waals surface area contributed by atoms with Crippen molar-refractivity contribution < 1.29 is 9.15 Å². The Morgan fingerprint density at radius 1 is 1.62 bits per heavy atom. The molecule has 13 heavy (non-hydrogen) atoms. The van der Waals surface area contributed by atoms with Crippen LogP contribution in [0.2, 0.25) is 0 Å². The summed E-state index contributed by atoms with van der Waals surface area (Å²) in [6.45, 7) is 2.89. The third kappa shape index (κ3) is 1.62. The highest BCUT2D eigenvalue weighted by Crippen LogP contribution is 2.31. The molecule has 0 aromatic carbocycles. The summed E-state index contributed by atoms with van der Waals surface area (Å²) in [4.78, 5) is 0. The van der Waals surface area contributed by atoms with E-state index in [-0.39, 0.29) is 12.1 Å². The highest BCUT2D eigenvalue weighted by molar-refractivity contribution is 5.06. The lowest BCUT2D eigenvalue weighted by Gasteiger charge is -2.19. The molecular formula is C10H15NO2. The Bertz CT molecular complexity index is 258. The first-order chi connectivity index (χ1) is 6.29. The maximum absolute atomic E-state index is 6.06. The lowest BCUT2D eigenvalue weighted by Crippen LogP contribution is -2.26. The molecule has 3 heteroatoms. The van der Waals surface area contributed by atoms with Gasteiger partial charge in [0, 0.05) is 12.5 Å². The van der Waals surface area contributed by atoms with E-state index in [1.807, 2.05) is 12.1 Å². The van der Waals surface area contributed by atoms with Crippen LogP contribution >= 0.6 is 0 Å². The van der Waals surface area contributed by atoms with Crippen LogP contribution in [0.5, 0.6) is 0 Å². The Labute approximate surface area is 77.9 Å². The molecule has 1 aliphatic heterocycles. The van der Waals surface area contributed by atoms with Crippen LogP contribution < -0.4 is 5.73 Å². The summed E-state index contributed by atoms with van der Waals surface area (Å²) in [5.41, 5.74) is 6.06. The molecule has 1 aromatic rings. The molecule has 3 unspecified atom stereocenters. The van der Waals surface area contributed by atoms with Gasteiger partial charge in [-0.2, -0.15) is 0 Å².